The number of phenols is 1. The van der Waals surface area contributed by atoms with Gasteiger partial charge in [-0.2, -0.15) is 0 Å². The Bertz CT molecular complexity index is 969. The van der Waals surface area contributed by atoms with Gasteiger partial charge in [0.15, 0.2) is 0 Å². The normalized spacial score (nSPS) is 10.8. The zero-order chi connectivity index (χ0) is 19.6. The van der Waals surface area contributed by atoms with Crippen LogP contribution in [-0.4, -0.2) is 29.9 Å². The third-order valence-electron chi connectivity index (χ3n) is 4.23. The molecule has 27 heavy (non-hydrogen) atoms. The summed E-state index contributed by atoms with van der Waals surface area (Å²) in [5.41, 5.74) is 2.40. The molecule has 2 heterocycles. The summed E-state index contributed by atoms with van der Waals surface area (Å²) >= 11 is 0. The summed E-state index contributed by atoms with van der Waals surface area (Å²) in [5, 5.41) is 14.6. The van der Waals surface area contributed by atoms with Gasteiger partial charge in [-0.1, -0.05) is 12.1 Å². The Hall–Kier alpha value is -3.22. The van der Waals surface area contributed by atoms with Crippen LogP contribution in [0, 0.1) is 6.92 Å². The molecule has 0 saturated heterocycles. The van der Waals surface area contributed by atoms with Crippen LogP contribution in [0.1, 0.15) is 35.7 Å². The fourth-order valence-electron chi connectivity index (χ4n) is 2.90. The first-order valence-corrected chi connectivity index (χ1v) is 8.63. The number of benzene rings is 1. The van der Waals surface area contributed by atoms with Gasteiger partial charge >= 0.3 is 5.97 Å². The van der Waals surface area contributed by atoms with E-state index in [1.807, 2.05) is 13.0 Å². The van der Waals surface area contributed by atoms with Crippen molar-refractivity contribution in [1.82, 2.24) is 5.16 Å². The molecule has 142 valence electrons. The highest BCUT2D eigenvalue weighted by atomic mass is 16.5. The molecular formula is C20H21NO6. The van der Waals surface area contributed by atoms with Gasteiger partial charge in [-0.05, 0) is 44.0 Å². The number of rotatable bonds is 6. The van der Waals surface area contributed by atoms with Crippen molar-refractivity contribution < 1.29 is 28.3 Å². The van der Waals surface area contributed by atoms with Gasteiger partial charge in [-0.15, -0.1) is 0 Å². The Balaban J connectivity index is 2.10. The number of hydrogen-bond donors (Lipinski definition) is 1. The monoisotopic (exact) mass is 371 g/mol. The van der Waals surface area contributed by atoms with E-state index in [1.54, 1.807) is 33.1 Å². The predicted octanol–water partition coefficient (Wildman–Crippen LogP) is 4.36. The second kappa shape index (κ2) is 7.57. The molecule has 0 unspecified atom stereocenters. The average molecular weight is 371 g/mol. The number of carbonyl (C=O) groups excluding carboxylic acids is 1. The van der Waals surface area contributed by atoms with Crippen molar-refractivity contribution in [1.29, 1.82) is 0 Å². The lowest BCUT2D eigenvalue weighted by molar-refractivity contribution is 0.0491. The maximum absolute atomic E-state index is 11.9. The minimum Gasteiger partial charge on any atom is -0.507 e. The van der Waals surface area contributed by atoms with Gasteiger partial charge in [0, 0.05) is 11.6 Å². The number of methoxy groups -OCH3 is 1. The van der Waals surface area contributed by atoms with Crippen molar-refractivity contribution in [3.8, 4) is 34.1 Å². The zero-order valence-corrected chi connectivity index (χ0v) is 15.7. The second-order valence-electron chi connectivity index (χ2n) is 5.88. The van der Waals surface area contributed by atoms with Gasteiger partial charge in [0.25, 0.3) is 0 Å². The molecule has 0 aliphatic heterocycles. The maximum Gasteiger partial charge on any atom is 0.374 e. The van der Waals surface area contributed by atoms with Gasteiger partial charge in [-0.3, -0.25) is 0 Å². The Kier molecular flexibility index (Phi) is 5.21. The highest BCUT2D eigenvalue weighted by Gasteiger charge is 2.24. The van der Waals surface area contributed by atoms with Crippen LogP contribution in [-0.2, 0) is 11.2 Å². The lowest BCUT2D eigenvalue weighted by Crippen LogP contribution is -2.02. The first kappa shape index (κ1) is 18.6. The molecular weight excluding hydrogens is 350 g/mol. The average Bonchev–Trinajstić information content (AvgIpc) is 3.28. The SMILES string of the molecule is CCOC(=O)c1ccc(-c2c(-c3cc(CC)c(OC)cc3O)noc2C)o1. The first-order chi connectivity index (χ1) is 13.0. The van der Waals surface area contributed by atoms with Crippen molar-refractivity contribution in [2.24, 2.45) is 0 Å². The lowest BCUT2D eigenvalue weighted by Gasteiger charge is -2.11. The molecule has 2 aromatic heterocycles. The molecule has 3 rings (SSSR count). The fourth-order valence-corrected chi connectivity index (χ4v) is 2.90. The van der Waals surface area contributed by atoms with Crippen molar-refractivity contribution in [2.45, 2.75) is 27.2 Å². The highest BCUT2D eigenvalue weighted by Crippen LogP contribution is 2.41. The fraction of sp³-hybridized carbons (Fsp3) is 0.300. The minimum absolute atomic E-state index is 0.00997. The molecule has 3 aromatic rings. The zero-order valence-electron chi connectivity index (χ0n) is 15.7. The van der Waals surface area contributed by atoms with E-state index in [2.05, 4.69) is 5.16 Å². The second-order valence-corrected chi connectivity index (χ2v) is 5.88. The van der Waals surface area contributed by atoms with Gasteiger partial charge in [0.05, 0.1) is 19.3 Å². The molecule has 0 radical (unpaired) electrons. The van der Waals surface area contributed by atoms with Crippen molar-refractivity contribution >= 4 is 5.97 Å². The molecule has 7 nitrogen and oxygen atoms in total. The molecule has 0 spiro atoms. The Labute approximate surface area is 156 Å². The summed E-state index contributed by atoms with van der Waals surface area (Å²) < 4.78 is 21.2. The quantitative estimate of drug-likeness (QED) is 0.643. The van der Waals surface area contributed by atoms with E-state index >= 15 is 0 Å². The molecule has 7 heteroatoms. The number of aryl methyl sites for hydroxylation is 2. The molecule has 0 aliphatic carbocycles. The van der Waals surface area contributed by atoms with Crippen LogP contribution in [0.2, 0.25) is 0 Å². The van der Waals surface area contributed by atoms with E-state index in [0.717, 1.165) is 12.0 Å². The topological polar surface area (TPSA) is 94.9 Å². The number of ether oxygens (including phenoxy) is 2. The predicted molar refractivity (Wildman–Crippen MR) is 97.9 cm³/mol. The number of furan rings is 1. The van der Waals surface area contributed by atoms with Crippen molar-refractivity contribution in [2.75, 3.05) is 13.7 Å². The number of phenolic OH excluding ortho intramolecular Hbond substituents is 1. The van der Waals surface area contributed by atoms with E-state index in [-0.39, 0.29) is 18.1 Å². The van der Waals surface area contributed by atoms with Gasteiger partial charge in [0.1, 0.15) is 28.7 Å². The molecule has 0 fully saturated rings. The number of aromatic nitrogens is 1. The van der Waals surface area contributed by atoms with E-state index in [4.69, 9.17) is 18.4 Å². The van der Waals surface area contributed by atoms with Crippen LogP contribution in [0.15, 0.2) is 33.2 Å². The maximum atomic E-state index is 11.9. The van der Waals surface area contributed by atoms with Crippen LogP contribution >= 0.6 is 0 Å². The number of hydrogen-bond acceptors (Lipinski definition) is 7. The van der Waals surface area contributed by atoms with Crippen molar-refractivity contribution in [3.63, 3.8) is 0 Å². The first-order valence-electron chi connectivity index (χ1n) is 8.63. The highest BCUT2D eigenvalue weighted by molar-refractivity contribution is 5.88. The lowest BCUT2D eigenvalue weighted by atomic mass is 9.99. The van der Waals surface area contributed by atoms with Crippen LogP contribution < -0.4 is 4.74 Å². The van der Waals surface area contributed by atoms with E-state index in [9.17, 15) is 9.90 Å². The van der Waals surface area contributed by atoms with Gasteiger partial charge in [-0.25, -0.2) is 4.79 Å². The summed E-state index contributed by atoms with van der Waals surface area (Å²) in [5.74, 6) is 1.06. The number of nitrogens with zero attached hydrogens (tertiary/aromatic N) is 1. The molecule has 0 bridgehead atoms. The summed E-state index contributed by atoms with van der Waals surface area (Å²) in [4.78, 5) is 11.9. The number of carbonyl (C=O) groups is 1. The molecule has 0 atom stereocenters. The molecule has 0 amide bonds. The van der Waals surface area contributed by atoms with Gasteiger partial charge in [0.2, 0.25) is 5.76 Å². The molecule has 1 aromatic carbocycles. The Morgan fingerprint density at radius 3 is 2.70 bits per heavy atom. The van der Waals surface area contributed by atoms with Crippen LogP contribution in [0.5, 0.6) is 11.5 Å². The van der Waals surface area contributed by atoms with Crippen LogP contribution in [0.25, 0.3) is 22.6 Å². The number of esters is 1. The standard InChI is InChI=1S/C20H21NO6/c1-5-12-9-13(14(22)10-17(12)24-4)19-18(11(3)27-21-19)15-7-8-16(26-15)20(23)25-6-2/h7-10,22H,5-6H2,1-4H3. The largest absolute Gasteiger partial charge is 0.507 e. The van der Waals surface area contributed by atoms with Gasteiger partial charge < -0.3 is 23.5 Å². The summed E-state index contributed by atoms with van der Waals surface area (Å²) in [6.07, 6.45) is 0.719. The van der Waals surface area contributed by atoms with Crippen LogP contribution in [0.4, 0.5) is 0 Å². The summed E-state index contributed by atoms with van der Waals surface area (Å²) in [6.45, 7) is 5.71. The van der Waals surface area contributed by atoms with Crippen molar-refractivity contribution in [3.05, 3.63) is 41.3 Å². The Morgan fingerprint density at radius 2 is 2.04 bits per heavy atom. The summed E-state index contributed by atoms with van der Waals surface area (Å²) in [7, 11) is 1.55. The van der Waals surface area contributed by atoms with E-state index < -0.39 is 5.97 Å². The minimum atomic E-state index is -0.542. The third-order valence-corrected chi connectivity index (χ3v) is 4.23. The number of aromatic hydroxyl groups is 1. The molecule has 1 N–H and O–H groups in total. The molecule has 0 aliphatic rings. The third kappa shape index (κ3) is 3.40. The smallest absolute Gasteiger partial charge is 0.374 e. The summed E-state index contributed by atoms with van der Waals surface area (Å²) in [6, 6.07) is 6.55. The van der Waals surface area contributed by atoms with Crippen LogP contribution in [0.3, 0.4) is 0 Å². The van der Waals surface area contributed by atoms with E-state index in [1.165, 1.54) is 6.07 Å². The Morgan fingerprint density at radius 1 is 1.26 bits per heavy atom. The molecule has 0 saturated carbocycles. The van der Waals surface area contributed by atoms with E-state index in [0.29, 0.717) is 34.1 Å².